The van der Waals surface area contributed by atoms with Gasteiger partial charge in [0.15, 0.2) is 5.82 Å². The van der Waals surface area contributed by atoms with E-state index in [9.17, 15) is 8.42 Å². The highest BCUT2D eigenvalue weighted by molar-refractivity contribution is 7.89. The van der Waals surface area contributed by atoms with Gasteiger partial charge in [0.05, 0.1) is 15.6 Å². The highest BCUT2D eigenvalue weighted by Gasteiger charge is 2.15. The summed E-state index contributed by atoms with van der Waals surface area (Å²) in [6, 6.07) is 4.13. The van der Waals surface area contributed by atoms with Gasteiger partial charge < -0.3 is 10.3 Å². The Morgan fingerprint density at radius 2 is 2.21 bits per heavy atom. The average Bonchev–Trinajstić information content (AvgIpc) is 2.85. The molecule has 1 heterocycles. The molecule has 0 aliphatic rings. The van der Waals surface area contributed by atoms with Gasteiger partial charge in [-0.05, 0) is 18.2 Å². The molecule has 1 aromatic heterocycles. The van der Waals surface area contributed by atoms with Crippen molar-refractivity contribution < 1.29 is 12.9 Å². The Balaban J connectivity index is 2.03. The van der Waals surface area contributed by atoms with Gasteiger partial charge in [-0.3, -0.25) is 0 Å². The van der Waals surface area contributed by atoms with E-state index in [1.807, 2.05) is 0 Å². The molecule has 102 valence electrons. The first-order valence-corrected chi connectivity index (χ1v) is 7.15. The van der Waals surface area contributed by atoms with Crippen LogP contribution in [0.4, 0.5) is 5.69 Å². The summed E-state index contributed by atoms with van der Waals surface area (Å²) in [4.78, 5) is 3.84. The number of aromatic nitrogens is 2. The summed E-state index contributed by atoms with van der Waals surface area (Å²) in [7, 11) is -3.63. The van der Waals surface area contributed by atoms with Crippen molar-refractivity contribution in [2.45, 2.75) is 11.3 Å². The SMILES string of the molecule is Nc1ccc(S(=O)(=O)NCCc2ncon2)cc1Cl. The maximum atomic E-state index is 11.9. The Bertz CT molecular complexity index is 657. The van der Waals surface area contributed by atoms with Gasteiger partial charge in [0, 0.05) is 13.0 Å². The van der Waals surface area contributed by atoms with E-state index >= 15 is 0 Å². The summed E-state index contributed by atoms with van der Waals surface area (Å²) in [5.74, 6) is 0.429. The van der Waals surface area contributed by atoms with Crippen LogP contribution in [0.1, 0.15) is 5.82 Å². The molecule has 0 radical (unpaired) electrons. The highest BCUT2D eigenvalue weighted by atomic mass is 35.5. The zero-order valence-corrected chi connectivity index (χ0v) is 11.3. The molecular weight excluding hydrogens is 292 g/mol. The molecule has 0 bridgehead atoms. The Morgan fingerprint density at radius 1 is 1.42 bits per heavy atom. The largest absolute Gasteiger partial charge is 0.398 e. The van der Waals surface area contributed by atoms with Gasteiger partial charge >= 0.3 is 0 Å². The number of nitrogen functional groups attached to an aromatic ring is 1. The first-order valence-electron chi connectivity index (χ1n) is 5.29. The third kappa shape index (κ3) is 3.43. The minimum atomic E-state index is -3.63. The molecule has 2 rings (SSSR count). The summed E-state index contributed by atoms with van der Waals surface area (Å²) in [6.07, 6.45) is 1.52. The van der Waals surface area contributed by atoms with Crippen LogP contribution in [0.15, 0.2) is 34.0 Å². The number of anilines is 1. The first-order chi connectivity index (χ1) is 8.99. The molecule has 9 heteroatoms. The van der Waals surface area contributed by atoms with E-state index in [0.29, 0.717) is 17.9 Å². The predicted octanol–water partition coefficient (Wildman–Crippen LogP) is 0.826. The molecule has 0 saturated carbocycles. The number of nitrogens with two attached hydrogens (primary N) is 1. The average molecular weight is 303 g/mol. The fraction of sp³-hybridized carbons (Fsp3) is 0.200. The normalized spacial score (nSPS) is 11.6. The van der Waals surface area contributed by atoms with Crippen molar-refractivity contribution in [3.05, 3.63) is 35.4 Å². The predicted molar refractivity (Wildman–Crippen MR) is 69.1 cm³/mol. The van der Waals surface area contributed by atoms with Gasteiger partial charge in [-0.25, -0.2) is 13.1 Å². The zero-order valence-electron chi connectivity index (χ0n) is 9.71. The lowest BCUT2D eigenvalue weighted by Gasteiger charge is -2.06. The highest BCUT2D eigenvalue weighted by Crippen LogP contribution is 2.22. The number of sulfonamides is 1. The molecule has 0 atom stereocenters. The summed E-state index contributed by atoms with van der Waals surface area (Å²) in [6.45, 7) is 0.157. The minimum Gasteiger partial charge on any atom is -0.398 e. The molecule has 0 spiro atoms. The summed E-state index contributed by atoms with van der Waals surface area (Å²) in [5.41, 5.74) is 5.85. The quantitative estimate of drug-likeness (QED) is 0.791. The smallest absolute Gasteiger partial charge is 0.240 e. The fourth-order valence-electron chi connectivity index (χ4n) is 1.36. The zero-order chi connectivity index (χ0) is 13.9. The van der Waals surface area contributed by atoms with Crippen molar-refractivity contribution in [2.24, 2.45) is 0 Å². The maximum Gasteiger partial charge on any atom is 0.240 e. The second kappa shape index (κ2) is 5.55. The van der Waals surface area contributed by atoms with E-state index in [0.717, 1.165) is 0 Å². The number of hydrogen-bond donors (Lipinski definition) is 2. The van der Waals surface area contributed by atoms with Gasteiger partial charge in [-0.15, -0.1) is 0 Å². The molecule has 1 aromatic carbocycles. The number of rotatable bonds is 5. The molecule has 0 aliphatic carbocycles. The molecule has 0 aliphatic heterocycles. The Morgan fingerprint density at radius 3 is 2.84 bits per heavy atom. The van der Waals surface area contributed by atoms with E-state index < -0.39 is 10.0 Å². The monoisotopic (exact) mass is 302 g/mol. The van der Waals surface area contributed by atoms with Crippen LogP contribution in [0.3, 0.4) is 0 Å². The van der Waals surface area contributed by atoms with E-state index in [-0.39, 0.29) is 16.5 Å². The number of nitrogens with one attached hydrogen (secondary N) is 1. The van der Waals surface area contributed by atoms with E-state index in [1.54, 1.807) is 0 Å². The van der Waals surface area contributed by atoms with Gasteiger partial charge in [0.2, 0.25) is 16.4 Å². The van der Waals surface area contributed by atoms with Crippen molar-refractivity contribution in [1.29, 1.82) is 0 Å². The van der Waals surface area contributed by atoms with Gasteiger partial charge in [-0.2, -0.15) is 4.98 Å². The van der Waals surface area contributed by atoms with Crippen molar-refractivity contribution in [2.75, 3.05) is 12.3 Å². The lowest BCUT2D eigenvalue weighted by Crippen LogP contribution is -2.26. The number of benzene rings is 1. The number of hydrogen-bond acceptors (Lipinski definition) is 6. The third-order valence-electron chi connectivity index (χ3n) is 2.33. The van der Waals surface area contributed by atoms with E-state index in [1.165, 1.54) is 24.6 Å². The van der Waals surface area contributed by atoms with Crippen LogP contribution in [-0.4, -0.2) is 25.1 Å². The molecule has 7 nitrogen and oxygen atoms in total. The molecule has 0 amide bonds. The van der Waals surface area contributed by atoms with Crippen molar-refractivity contribution in [1.82, 2.24) is 14.9 Å². The van der Waals surface area contributed by atoms with E-state index in [2.05, 4.69) is 19.4 Å². The minimum absolute atomic E-state index is 0.0554. The van der Waals surface area contributed by atoms with Crippen LogP contribution >= 0.6 is 11.6 Å². The van der Waals surface area contributed by atoms with Gasteiger partial charge in [0.25, 0.3) is 0 Å². The second-order valence-corrected chi connectivity index (χ2v) is 5.85. The molecule has 3 N–H and O–H groups in total. The Labute approximate surface area is 114 Å². The van der Waals surface area contributed by atoms with E-state index in [4.69, 9.17) is 17.3 Å². The Hall–Kier alpha value is -1.64. The Kier molecular flexibility index (Phi) is 4.03. The molecule has 19 heavy (non-hydrogen) atoms. The van der Waals surface area contributed by atoms with Crippen LogP contribution in [0.2, 0.25) is 5.02 Å². The second-order valence-electron chi connectivity index (χ2n) is 3.68. The van der Waals surface area contributed by atoms with Crippen LogP contribution in [0.5, 0.6) is 0 Å². The molecule has 2 aromatic rings. The van der Waals surface area contributed by atoms with Crippen molar-refractivity contribution >= 4 is 27.3 Å². The number of halogens is 1. The van der Waals surface area contributed by atoms with Gasteiger partial charge in [0.1, 0.15) is 0 Å². The lowest BCUT2D eigenvalue weighted by molar-refractivity contribution is 0.410. The molecular formula is C10H11ClN4O3S. The van der Waals surface area contributed by atoms with Crippen LogP contribution in [-0.2, 0) is 16.4 Å². The van der Waals surface area contributed by atoms with Crippen LogP contribution in [0.25, 0.3) is 0 Å². The van der Waals surface area contributed by atoms with Crippen LogP contribution < -0.4 is 10.5 Å². The first kappa shape index (κ1) is 13.8. The summed E-state index contributed by atoms with van der Waals surface area (Å²) >= 11 is 5.79. The number of nitrogens with zero attached hydrogens (tertiary/aromatic N) is 2. The van der Waals surface area contributed by atoms with Gasteiger partial charge in [-0.1, -0.05) is 16.8 Å². The fourth-order valence-corrected chi connectivity index (χ4v) is 2.66. The lowest BCUT2D eigenvalue weighted by atomic mass is 10.3. The summed E-state index contributed by atoms with van der Waals surface area (Å²) < 4.78 is 30.9. The van der Waals surface area contributed by atoms with Crippen molar-refractivity contribution in [3.8, 4) is 0 Å². The maximum absolute atomic E-state index is 11.9. The summed E-state index contributed by atoms with van der Waals surface area (Å²) in [5, 5.41) is 3.77. The molecule has 0 unspecified atom stereocenters. The standard InChI is InChI=1S/C10H11ClN4O3S/c11-8-5-7(1-2-9(8)12)19(16,17)14-4-3-10-13-6-18-15-10/h1-2,5-6,14H,3-4,12H2. The molecule has 0 fully saturated rings. The van der Waals surface area contributed by atoms with Crippen molar-refractivity contribution in [3.63, 3.8) is 0 Å². The topological polar surface area (TPSA) is 111 Å². The van der Waals surface area contributed by atoms with Crippen LogP contribution in [0, 0.1) is 0 Å². The third-order valence-corrected chi connectivity index (χ3v) is 4.12. The molecule has 0 saturated heterocycles.